The molecule has 0 saturated carbocycles. The Bertz CT molecular complexity index is 545. The summed E-state index contributed by atoms with van der Waals surface area (Å²) in [5.74, 6) is 1.71. The molecule has 0 bridgehead atoms. The maximum absolute atomic E-state index is 5.64. The molecule has 0 spiro atoms. The van der Waals surface area contributed by atoms with Crippen molar-refractivity contribution in [1.82, 2.24) is 10.2 Å². The number of aromatic nitrogens is 2. The smallest absolute Gasteiger partial charge is 0.206 e. The van der Waals surface area contributed by atoms with Gasteiger partial charge in [-0.3, -0.25) is 0 Å². The maximum atomic E-state index is 5.64. The lowest BCUT2D eigenvalue weighted by molar-refractivity contribution is 0.344. The van der Waals surface area contributed by atoms with Crippen molar-refractivity contribution in [3.8, 4) is 5.75 Å². The lowest BCUT2D eigenvalue weighted by Crippen LogP contribution is -1.99. The summed E-state index contributed by atoms with van der Waals surface area (Å²) >= 11 is 6.58. The summed E-state index contributed by atoms with van der Waals surface area (Å²) in [6.45, 7) is 4.99. The van der Waals surface area contributed by atoms with E-state index >= 15 is 0 Å². The van der Waals surface area contributed by atoms with Gasteiger partial charge in [-0.25, -0.2) is 0 Å². The summed E-state index contributed by atoms with van der Waals surface area (Å²) < 4.78 is 7.63. The van der Waals surface area contributed by atoms with E-state index in [4.69, 9.17) is 4.74 Å². The number of rotatable bonds is 8. The van der Waals surface area contributed by atoms with Crippen LogP contribution in [-0.2, 0) is 0 Å². The van der Waals surface area contributed by atoms with Crippen molar-refractivity contribution in [2.75, 3.05) is 24.2 Å². The van der Waals surface area contributed by atoms with Crippen molar-refractivity contribution in [2.24, 2.45) is 0 Å². The lowest BCUT2D eigenvalue weighted by atomic mass is 10.3. The zero-order valence-electron chi connectivity index (χ0n) is 10.7. The van der Waals surface area contributed by atoms with Crippen LogP contribution in [0.3, 0.4) is 0 Å². The minimum absolute atomic E-state index is 0.640. The fourth-order valence-electron chi connectivity index (χ4n) is 1.32. The molecule has 0 aliphatic heterocycles. The SMILES string of the molecule is C=CCNc1nnc(SCCOc2ccc(Br)cc2)s1. The van der Waals surface area contributed by atoms with Crippen LogP contribution in [0.1, 0.15) is 0 Å². The van der Waals surface area contributed by atoms with Gasteiger partial charge in [-0.1, -0.05) is 45.1 Å². The highest BCUT2D eigenvalue weighted by Crippen LogP contribution is 2.25. The number of hydrogen-bond donors (Lipinski definition) is 1. The second-order valence-corrected chi connectivity index (χ2v) is 6.93. The molecule has 0 aliphatic carbocycles. The van der Waals surface area contributed by atoms with Gasteiger partial charge >= 0.3 is 0 Å². The molecule has 1 aromatic heterocycles. The van der Waals surface area contributed by atoms with Gasteiger partial charge in [-0.05, 0) is 24.3 Å². The maximum Gasteiger partial charge on any atom is 0.206 e. The molecule has 0 aliphatic rings. The van der Waals surface area contributed by atoms with Gasteiger partial charge in [0.2, 0.25) is 5.13 Å². The highest BCUT2D eigenvalue weighted by molar-refractivity contribution is 9.10. The predicted octanol–water partition coefficient (Wildman–Crippen LogP) is 4.07. The monoisotopic (exact) mass is 371 g/mol. The molecular weight excluding hydrogens is 358 g/mol. The third-order valence-corrected chi connectivity index (χ3v) is 4.70. The van der Waals surface area contributed by atoms with Gasteiger partial charge in [-0.2, -0.15) is 0 Å². The van der Waals surface area contributed by atoms with Crippen molar-refractivity contribution in [3.63, 3.8) is 0 Å². The minimum atomic E-state index is 0.640. The van der Waals surface area contributed by atoms with E-state index in [-0.39, 0.29) is 0 Å². The van der Waals surface area contributed by atoms with Crippen molar-refractivity contribution in [3.05, 3.63) is 41.4 Å². The quantitative estimate of drug-likeness (QED) is 0.430. The first-order valence-corrected chi connectivity index (χ1v) is 8.57. The summed E-state index contributed by atoms with van der Waals surface area (Å²) in [5.41, 5.74) is 0. The van der Waals surface area contributed by atoms with Gasteiger partial charge in [0.05, 0.1) is 6.61 Å². The Morgan fingerprint density at radius 3 is 2.90 bits per heavy atom. The van der Waals surface area contributed by atoms with Gasteiger partial charge in [0.1, 0.15) is 5.75 Å². The molecule has 2 aromatic rings. The number of ether oxygens (including phenoxy) is 1. The van der Waals surface area contributed by atoms with Gasteiger partial charge in [0.15, 0.2) is 4.34 Å². The number of benzene rings is 1. The molecule has 0 saturated heterocycles. The van der Waals surface area contributed by atoms with Crippen LogP contribution in [0.2, 0.25) is 0 Å². The van der Waals surface area contributed by atoms with Gasteiger partial charge in [0.25, 0.3) is 0 Å². The predicted molar refractivity (Wildman–Crippen MR) is 89.0 cm³/mol. The van der Waals surface area contributed by atoms with Crippen molar-refractivity contribution in [1.29, 1.82) is 0 Å². The minimum Gasteiger partial charge on any atom is -0.493 e. The molecule has 0 fully saturated rings. The van der Waals surface area contributed by atoms with Crippen LogP contribution in [0.4, 0.5) is 5.13 Å². The number of thioether (sulfide) groups is 1. The zero-order chi connectivity index (χ0) is 14.2. The fraction of sp³-hybridized carbons (Fsp3) is 0.231. The van der Waals surface area contributed by atoms with Gasteiger partial charge < -0.3 is 10.1 Å². The van der Waals surface area contributed by atoms with E-state index in [9.17, 15) is 0 Å². The molecule has 106 valence electrons. The van der Waals surface area contributed by atoms with Crippen LogP contribution in [0.5, 0.6) is 5.75 Å². The standard InChI is InChI=1S/C13H14BrN3OS2/c1-2-7-15-12-16-17-13(20-12)19-9-8-18-11-5-3-10(14)4-6-11/h2-6H,1,7-9H2,(H,15,16). The molecule has 1 heterocycles. The Kier molecular flexibility index (Phi) is 6.35. The number of nitrogens with one attached hydrogen (secondary N) is 1. The summed E-state index contributed by atoms with van der Waals surface area (Å²) in [6.07, 6.45) is 1.79. The topological polar surface area (TPSA) is 47.0 Å². The highest BCUT2D eigenvalue weighted by atomic mass is 79.9. The van der Waals surface area contributed by atoms with E-state index in [0.717, 1.165) is 25.4 Å². The van der Waals surface area contributed by atoms with Crippen molar-refractivity contribution >= 4 is 44.2 Å². The molecule has 0 unspecified atom stereocenters. The molecular formula is C13H14BrN3OS2. The van der Waals surface area contributed by atoms with Crippen LogP contribution >= 0.6 is 39.0 Å². The van der Waals surface area contributed by atoms with Crippen molar-refractivity contribution in [2.45, 2.75) is 4.34 Å². The summed E-state index contributed by atoms with van der Waals surface area (Å²) in [5, 5.41) is 12.1. The van der Waals surface area contributed by atoms with Gasteiger partial charge in [0, 0.05) is 16.8 Å². The molecule has 20 heavy (non-hydrogen) atoms. The van der Waals surface area contributed by atoms with E-state index < -0.39 is 0 Å². The summed E-state index contributed by atoms with van der Waals surface area (Å²) in [4.78, 5) is 0. The number of nitrogens with zero attached hydrogens (tertiary/aromatic N) is 2. The molecule has 1 aromatic carbocycles. The largest absolute Gasteiger partial charge is 0.493 e. The highest BCUT2D eigenvalue weighted by Gasteiger charge is 2.03. The van der Waals surface area contributed by atoms with Crippen LogP contribution < -0.4 is 10.1 Å². The normalized spacial score (nSPS) is 10.2. The first kappa shape index (κ1) is 15.3. The van der Waals surface area contributed by atoms with Gasteiger partial charge in [-0.15, -0.1) is 16.8 Å². The van der Waals surface area contributed by atoms with Crippen molar-refractivity contribution < 1.29 is 4.74 Å². The second-order valence-electron chi connectivity index (χ2n) is 3.69. The Morgan fingerprint density at radius 2 is 2.15 bits per heavy atom. The molecule has 0 radical (unpaired) electrons. The van der Waals surface area contributed by atoms with E-state index in [0.29, 0.717) is 13.2 Å². The molecule has 4 nitrogen and oxygen atoms in total. The first-order chi connectivity index (χ1) is 9.78. The number of anilines is 1. The van der Waals surface area contributed by atoms with Crippen LogP contribution in [0.15, 0.2) is 45.7 Å². The number of hydrogen-bond acceptors (Lipinski definition) is 6. The molecule has 0 atom stereocenters. The average Bonchev–Trinajstić information content (AvgIpc) is 2.91. The van der Waals surface area contributed by atoms with Crippen LogP contribution in [-0.4, -0.2) is 29.1 Å². The molecule has 0 amide bonds. The fourth-order valence-corrected chi connectivity index (χ4v) is 3.23. The van der Waals surface area contributed by atoms with E-state index in [1.165, 1.54) is 0 Å². The third kappa shape index (κ3) is 5.15. The number of halogens is 1. The summed E-state index contributed by atoms with van der Waals surface area (Å²) in [7, 11) is 0. The molecule has 2 rings (SSSR count). The Labute approximate surface area is 134 Å². The first-order valence-electron chi connectivity index (χ1n) is 5.97. The van der Waals surface area contributed by atoms with E-state index in [1.54, 1.807) is 29.2 Å². The second kappa shape index (κ2) is 8.28. The zero-order valence-corrected chi connectivity index (χ0v) is 13.9. The van der Waals surface area contributed by atoms with E-state index in [2.05, 4.69) is 38.0 Å². The van der Waals surface area contributed by atoms with Crippen LogP contribution in [0, 0.1) is 0 Å². The Morgan fingerprint density at radius 1 is 1.35 bits per heavy atom. The lowest BCUT2D eigenvalue weighted by Gasteiger charge is -2.04. The summed E-state index contributed by atoms with van der Waals surface area (Å²) in [6, 6.07) is 7.81. The molecule has 7 heteroatoms. The Hall–Kier alpha value is -1.05. The van der Waals surface area contributed by atoms with E-state index in [1.807, 2.05) is 24.3 Å². The molecule has 1 N–H and O–H groups in total. The Balaban J connectivity index is 1.69. The van der Waals surface area contributed by atoms with Crippen LogP contribution in [0.25, 0.3) is 0 Å². The average molecular weight is 372 g/mol. The third-order valence-electron chi connectivity index (χ3n) is 2.20.